The summed E-state index contributed by atoms with van der Waals surface area (Å²) in [5, 5.41) is 10.8. The van der Waals surface area contributed by atoms with Crippen molar-refractivity contribution in [3.8, 4) is 0 Å². The maximum Gasteiger partial charge on any atom is 0.264 e. The number of thiophene rings is 1. The first kappa shape index (κ1) is 13.2. The van der Waals surface area contributed by atoms with Crippen LogP contribution in [0.25, 0.3) is 0 Å². The van der Waals surface area contributed by atoms with Gasteiger partial charge in [0.25, 0.3) is 5.91 Å². The van der Waals surface area contributed by atoms with E-state index in [9.17, 15) is 4.79 Å². The number of nitrogens with zero attached hydrogens (tertiary/aromatic N) is 1. The highest BCUT2D eigenvalue weighted by molar-refractivity contribution is 7.12. The van der Waals surface area contributed by atoms with Crippen molar-refractivity contribution >= 4 is 17.2 Å². The molecule has 4 nitrogen and oxygen atoms in total. The lowest BCUT2D eigenvalue weighted by Gasteiger charge is -2.20. The van der Waals surface area contributed by atoms with E-state index in [1.807, 2.05) is 18.4 Å². The number of hydrogen-bond donors (Lipinski definition) is 1. The first-order valence-electron chi connectivity index (χ1n) is 5.14. The number of aryl methyl sites for hydroxylation is 1. The standard InChI is InChI=1S/C11H17NO3S/c1-9-3-8-16-10(9)11(14)12(4-6-13)5-7-15-2/h3,8,13H,4-7H2,1-2H3. The predicted octanol–water partition coefficient (Wildman–Crippen LogP) is 1.14. The molecule has 1 aromatic rings. The van der Waals surface area contributed by atoms with Crippen molar-refractivity contribution in [2.24, 2.45) is 0 Å². The molecule has 0 unspecified atom stereocenters. The van der Waals surface area contributed by atoms with Crippen molar-refractivity contribution in [1.29, 1.82) is 0 Å². The fraction of sp³-hybridized carbons (Fsp3) is 0.545. The number of carbonyl (C=O) groups is 1. The van der Waals surface area contributed by atoms with Gasteiger partial charge in [0, 0.05) is 20.2 Å². The van der Waals surface area contributed by atoms with E-state index in [2.05, 4.69) is 0 Å². The molecule has 0 saturated carbocycles. The van der Waals surface area contributed by atoms with Gasteiger partial charge in [0.2, 0.25) is 0 Å². The number of hydrogen-bond acceptors (Lipinski definition) is 4. The minimum atomic E-state index is -0.0291. The van der Waals surface area contributed by atoms with Gasteiger partial charge in [0.05, 0.1) is 18.1 Å². The van der Waals surface area contributed by atoms with Gasteiger partial charge >= 0.3 is 0 Å². The molecule has 0 saturated heterocycles. The smallest absolute Gasteiger partial charge is 0.264 e. The van der Waals surface area contributed by atoms with Crippen LogP contribution in [0.4, 0.5) is 0 Å². The maximum atomic E-state index is 12.1. The quantitative estimate of drug-likeness (QED) is 0.815. The Labute approximate surface area is 99.5 Å². The van der Waals surface area contributed by atoms with E-state index in [1.54, 1.807) is 12.0 Å². The molecule has 90 valence electrons. The molecule has 1 heterocycles. The lowest BCUT2D eigenvalue weighted by Crippen LogP contribution is -2.36. The van der Waals surface area contributed by atoms with Gasteiger partial charge in [-0.3, -0.25) is 4.79 Å². The van der Waals surface area contributed by atoms with Gasteiger partial charge in [-0.2, -0.15) is 0 Å². The molecule has 0 radical (unpaired) electrons. The van der Waals surface area contributed by atoms with Crippen LogP contribution in [-0.4, -0.2) is 49.3 Å². The number of aliphatic hydroxyl groups excluding tert-OH is 1. The van der Waals surface area contributed by atoms with E-state index in [1.165, 1.54) is 11.3 Å². The molecule has 0 aliphatic heterocycles. The van der Waals surface area contributed by atoms with Gasteiger partial charge < -0.3 is 14.7 Å². The molecule has 0 aliphatic rings. The molecular formula is C11H17NO3S. The minimum Gasteiger partial charge on any atom is -0.395 e. The molecule has 1 amide bonds. The van der Waals surface area contributed by atoms with Crippen LogP contribution < -0.4 is 0 Å². The molecule has 1 rings (SSSR count). The second-order valence-corrected chi connectivity index (χ2v) is 4.36. The topological polar surface area (TPSA) is 49.8 Å². The zero-order valence-corrected chi connectivity index (χ0v) is 10.4. The van der Waals surface area contributed by atoms with Crippen molar-refractivity contribution in [3.05, 3.63) is 21.9 Å². The average Bonchev–Trinajstić information content (AvgIpc) is 2.69. The van der Waals surface area contributed by atoms with Crippen molar-refractivity contribution in [2.45, 2.75) is 6.92 Å². The van der Waals surface area contributed by atoms with E-state index in [-0.39, 0.29) is 12.5 Å². The van der Waals surface area contributed by atoms with Gasteiger partial charge in [0.15, 0.2) is 0 Å². The Hall–Kier alpha value is -0.910. The zero-order valence-electron chi connectivity index (χ0n) is 9.60. The number of ether oxygens (including phenoxy) is 1. The second kappa shape index (κ2) is 6.62. The number of carbonyl (C=O) groups excluding carboxylic acids is 1. The molecule has 0 aromatic carbocycles. The van der Waals surface area contributed by atoms with E-state index in [4.69, 9.17) is 9.84 Å². The van der Waals surface area contributed by atoms with Crippen LogP contribution in [0.1, 0.15) is 15.2 Å². The SMILES string of the molecule is COCCN(CCO)C(=O)c1sccc1C. The van der Waals surface area contributed by atoms with E-state index < -0.39 is 0 Å². The van der Waals surface area contributed by atoms with Crippen molar-refractivity contribution < 1.29 is 14.6 Å². The Morgan fingerprint density at radius 3 is 2.81 bits per heavy atom. The summed E-state index contributed by atoms with van der Waals surface area (Å²) in [5.74, 6) is -0.0291. The predicted molar refractivity (Wildman–Crippen MR) is 63.9 cm³/mol. The van der Waals surface area contributed by atoms with Crippen molar-refractivity contribution in [1.82, 2.24) is 4.90 Å². The lowest BCUT2D eigenvalue weighted by molar-refractivity contribution is 0.0660. The Morgan fingerprint density at radius 2 is 2.31 bits per heavy atom. The molecular weight excluding hydrogens is 226 g/mol. The highest BCUT2D eigenvalue weighted by Crippen LogP contribution is 2.17. The van der Waals surface area contributed by atoms with Crippen LogP contribution in [0.15, 0.2) is 11.4 Å². The Kier molecular flexibility index (Phi) is 5.45. The van der Waals surface area contributed by atoms with Crippen LogP contribution >= 0.6 is 11.3 Å². The Balaban J connectivity index is 2.70. The summed E-state index contributed by atoms with van der Waals surface area (Å²) in [6.45, 7) is 3.22. The molecule has 0 aliphatic carbocycles. The second-order valence-electron chi connectivity index (χ2n) is 3.44. The molecule has 0 atom stereocenters. The first-order valence-corrected chi connectivity index (χ1v) is 6.01. The molecule has 1 aromatic heterocycles. The highest BCUT2D eigenvalue weighted by atomic mass is 32.1. The molecule has 0 spiro atoms. The molecule has 0 bridgehead atoms. The molecule has 5 heteroatoms. The Morgan fingerprint density at radius 1 is 1.56 bits per heavy atom. The number of aliphatic hydroxyl groups is 1. The number of amides is 1. The van der Waals surface area contributed by atoms with Gasteiger partial charge in [-0.05, 0) is 23.9 Å². The summed E-state index contributed by atoms with van der Waals surface area (Å²) in [5.41, 5.74) is 0.982. The summed E-state index contributed by atoms with van der Waals surface area (Å²) in [7, 11) is 1.60. The van der Waals surface area contributed by atoms with Gasteiger partial charge in [-0.15, -0.1) is 11.3 Å². The first-order chi connectivity index (χ1) is 7.70. The largest absolute Gasteiger partial charge is 0.395 e. The molecule has 0 fully saturated rings. The van der Waals surface area contributed by atoms with Crippen LogP contribution in [0.3, 0.4) is 0 Å². The van der Waals surface area contributed by atoms with Gasteiger partial charge in [0.1, 0.15) is 0 Å². The fourth-order valence-electron chi connectivity index (χ4n) is 1.37. The molecule has 16 heavy (non-hydrogen) atoms. The van der Waals surface area contributed by atoms with Gasteiger partial charge in [-0.1, -0.05) is 0 Å². The van der Waals surface area contributed by atoms with Crippen LogP contribution in [0.2, 0.25) is 0 Å². The molecule has 1 N–H and O–H groups in total. The third kappa shape index (κ3) is 3.30. The van der Waals surface area contributed by atoms with Crippen LogP contribution in [0, 0.1) is 6.92 Å². The van der Waals surface area contributed by atoms with Crippen molar-refractivity contribution in [2.75, 3.05) is 33.4 Å². The monoisotopic (exact) mass is 243 g/mol. The van der Waals surface area contributed by atoms with E-state index in [0.717, 1.165) is 10.4 Å². The summed E-state index contributed by atoms with van der Waals surface area (Å²) in [6.07, 6.45) is 0. The lowest BCUT2D eigenvalue weighted by atomic mass is 10.2. The fourth-order valence-corrected chi connectivity index (χ4v) is 2.26. The third-order valence-corrected chi connectivity index (χ3v) is 3.28. The summed E-state index contributed by atoms with van der Waals surface area (Å²) < 4.78 is 4.94. The van der Waals surface area contributed by atoms with E-state index in [0.29, 0.717) is 19.7 Å². The number of rotatable bonds is 6. The highest BCUT2D eigenvalue weighted by Gasteiger charge is 2.17. The summed E-state index contributed by atoms with van der Waals surface area (Å²) >= 11 is 1.43. The van der Waals surface area contributed by atoms with Crippen molar-refractivity contribution in [3.63, 3.8) is 0 Å². The number of methoxy groups -OCH3 is 1. The summed E-state index contributed by atoms with van der Waals surface area (Å²) in [6, 6.07) is 1.92. The third-order valence-electron chi connectivity index (χ3n) is 2.28. The normalized spacial score (nSPS) is 10.4. The minimum absolute atomic E-state index is 0.0279. The van der Waals surface area contributed by atoms with Gasteiger partial charge in [-0.25, -0.2) is 0 Å². The zero-order chi connectivity index (χ0) is 12.0. The van der Waals surface area contributed by atoms with Crippen LogP contribution in [-0.2, 0) is 4.74 Å². The summed E-state index contributed by atoms with van der Waals surface area (Å²) in [4.78, 5) is 14.4. The maximum absolute atomic E-state index is 12.1. The average molecular weight is 243 g/mol. The van der Waals surface area contributed by atoms with Crippen LogP contribution in [0.5, 0.6) is 0 Å². The Bertz CT molecular complexity index is 338. The van der Waals surface area contributed by atoms with E-state index >= 15 is 0 Å².